The maximum atomic E-state index is 11.8. The van der Waals surface area contributed by atoms with Crippen molar-refractivity contribution in [3.63, 3.8) is 0 Å². The van der Waals surface area contributed by atoms with E-state index in [9.17, 15) is 8.42 Å². The first-order valence-electron chi connectivity index (χ1n) is 7.12. The van der Waals surface area contributed by atoms with Crippen LogP contribution in [0.25, 0.3) is 0 Å². The molecule has 1 fully saturated rings. The molecule has 1 aliphatic heterocycles. The minimum Gasteiger partial charge on any atom is -0.383 e. The number of aromatic nitrogens is 2. The summed E-state index contributed by atoms with van der Waals surface area (Å²) in [5.74, 6) is 0.491. The smallest absolute Gasteiger partial charge is 0.150 e. The van der Waals surface area contributed by atoms with Crippen LogP contribution in [0.4, 0.5) is 0 Å². The second-order valence-electron chi connectivity index (χ2n) is 5.29. The molecule has 120 valence electrons. The molecule has 0 radical (unpaired) electrons. The zero-order valence-corrected chi connectivity index (χ0v) is 14.0. The van der Waals surface area contributed by atoms with E-state index in [1.54, 1.807) is 13.3 Å². The van der Waals surface area contributed by atoms with Crippen LogP contribution < -0.4 is 5.32 Å². The maximum Gasteiger partial charge on any atom is 0.150 e. The second-order valence-corrected chi connectivity index (χ2v) is 7.93. The number of rotatable bonds is 7. The minimum atomic E-state index is -2.93. The van der Waals surface area contributed by atoms with Gasteiger partial charge in [0, 0.05) is 7.11 Å². The molecule has 6 nitrogen and oxygen atoms in total. The van der Waals surface area contributed by atoms with Gasteiger partial charge < -0.3 is 10.1 Å². The summed E-state index contributed by atoms with van der Waals surface area (Å²) < 4.78 is 30.4. The molecule has 2 rings (SSSR count). The molecule has 1 aromatic heterocycles. The molecule has 2 atom stereocenters. The third kappa shape index (κ3) is 3.97. The number of sulfone groups is 1. The van der Waals surface area contributed by atoms with Crippen LogP contribution in [0.5, 0.6) is 0 Å². The highest BCUT2D eigenvalue weighted by molar-refractivity contribution is 7.91. The molecule has 2 heterocycles. The molecule has 2 unspecified atom stereocenters. The average molecular weight is 336 g/mol. The molecular weight excluding hydrogens is 314 g/mol. The Bertz CT molecular complexity index is 573. The normalized spacial score (nSPS) is 22.5. The Balaban J connectivity index is 2.28. The lowest BCUT2D eigenvalue weighted by atomic mass is 9.96. The molecule has 1 saturated heterocycles. The molecule has 1 N–H and O–H groups in total. The zero-order valence-electron chi connectivity index (χ0n) is 12.4. The summed E-state index contributed by atoms with van der Waals surface area (Å²) in [6, 6.07) is -0.0980. The van der Waals surface area contributed by atoms with Crippen molar-refractivity contribution in [2.24, 2.45) is 5.92 Å². The fraction of sp³-hybridized carbons (Fsp3) is 0.769. The van der Waals surface area contributed by atoms with Crippen molar-refractivity contribution in [3.8, 4) is 0 Å². The second kappa shape index (κ2) is 7.09. The Kier molecular flexibility index (Phi) is 5.65. The quantitative estimate of drug-likeness (QED) is 0.812. The van der Waals surface area contributed by atoms with E-state index in [1.165, 1.54) is 0 Å². The highest BCUT2D eigenvalue weighted by atomic mass is 35.5. The van der Waals surface area contributed by atoms with E-state index in [-0.39, 0.29) is 23.5 Å². The maximum absolute atomic E-state index is 11.8. The Labute approximate surface area is 130 Å². The third-order valence-electron chi connectivity index (χ3n) is 3.80. The van der Waals surface area contributed by atoms with Gasteiger partial charge in [0.25, 0.3) is 0 Å². The number of methoxy groups -OCH3 is 1. The van der Waals surface area contributed by atoms with Crippen molar-refractivity contribution in [2.75, 3.05) is 31.8 Å². The van der Waals surface area contributed by atoms with E-state index < -0.39 is 9.84 Å². The van der Waals surface area contributed by atoms with Crippen LogP contribution in [0.15, 0.2) is 6.20 Å². The molecule has 1 aromatic rings. The first kappa shape index (κ1) is 16.7. The molecule has 1 aliphatic rings. The zero-order chi connectivity index (χ0) is 15.5. The number of hydrogen-bond acceptors (Lipinski definition) is 5. The highest BCUT2D eigenvalue weighted by Crippen LogP contribution is 2.34. The predicted molar refractivity (Wildman–Crippen MR) is 82.3 cm³/mol. The van der Waals surface area contributed by atoms with Gasteiger partial charge in [0.1, 0.15) is 0 Å². The van der Waals surface area contributed by atoms with Gasteiger partial charge >= 0.3 is 0 Å². The standard InChI is InChI=1S/C13H22ClN3O3S/c1-3-15-12(10-4-7-21(18,19)9-10)13-11(14)8-16-17(13)5-6-20-2/h8,10,12,15H,3-7,9H2,1-2H3. The van der Waals surface area contributed by atoms with Crippen LogP contribution in [0.2, 0.25) is 5.02 Å². The third-order valence-corrected chi connectivity index (χ3v) is 5.88. The summed E-state index contributed by atoms with van der Waals surface area (Å²) in [4.78, 5) is 0. The lowest BCUT2D eigenvalue weighted by Crippen LogP contribution is -2.31. The summed E-state index contributed by atoms with van der Waals surface area (Å²) >= 11 is 6.29. The van der Waals surface area contributed by atoms with E-state index in [0.717, 1.165) is 12.2 Å². The van der Waals surface area contributed by atoms with Gasteiger partial charge in [-0.25, -0.2) is 8.42 Å². The van der Waals surface area contributed by atoms with Crippen molar-refractivity contribution in [2.45, 2.75) is 25.9 Å². The van der Waals surface area contributed by atoms with Crippen LogP contribution >= 0.6 is 11.6 Å². The van der Waals surface area contributed by atoms with Crippen LogP contribution in [0.1, 0.15) is 25.1 Å². The van der Waals surface area contributed by atoms with E-state index in [1.807, 2.05) is 11.6 Å². The first-order valence-corrected chi connectivity index (χ1v) is 9.32. The van der Waals surface area contributed by atoms with Gasteiger partial charge in [-0.3, -0.25) is 4.68 Å². The Morgan fingerprint density at radius 3 is 2.95 bits per heavy atom. The van der Waals surface area contributed by atoms with Gasteiger partial charge in [-0.2, -0.15) is 5.10 Å². The molecule has 0 spiro atoms. The first-order chi connectivity index (χ1) is 9.98. The number of nitrogens with one attached hydrogen (secondary N) is 1. The molecule has 0 bridgehead atoms. The topological polar surface area (TPSA) is 73.2 Å². The minimum absolute atomic E-state index is 0.0328. The summed E-state index contributed by atoms with van der Waals surface area (Å²) in [5.41, 5.74) is 0.859. The summed E-state index contributed by atoms with van der Waals surface area (Å²) in [7, 11) is -1.29. The Hall–Kier alpha value is -0.630. The predicted octanol–water partition coefficient (Wildman–Crippen LogP) is 1.27. The largest absolute Gasteiger partial charge is 0.383 e. The SMILES string of the molecule is CCNC(c1c(Cl)cnn1CCOC)C1CCS(=O)(=O)C1. The summed E-state index contributed by atoms with van der Waals surface area (Å²) in [5, 5.41) is 8.22. The summed E-state index contributed by atoms with van der Waals surface area (Å²) in [6.45, 7) is 3.87. The molecule has 8 heteroatoms. The van der Waals surface area contributed by atoms with Crippen LogP contribution in [-0.4, -0.2) is 50.0 Å². The van der Waals surface area contributed by atoms with Crippen molar-refractivity contribution >= 4 is 21.4 Å². The van der Waals surface area contributed by atoms with Gasteiger partial charge in [0.2, 0.25) is 0 Å². The number of nitrogens with zero attached hydrogens (tertiary/aromatic N) is 2. The van der Waals surface area contributed by atoms with E-state index in [4.69, 9.17) is 16.3 Å². The van der Waals surface area contributed by atoms with E-state index >= 15 is 0 Å². The van der Waals surface area contributed by atoms with Crippen molar-refractivity contribution in [3.05, 3.63) is 16.9 Å². The van der Waals surface area contributed by atoms with Gasteiger partial charge in [-0.05, 0) is 18.9 Å². The van der Waals surface area contributed by atoms with Crippen molar-refractivity contribution in [1.82, 2.24) is 15.1 Å². The average Bonchev–Trinajstić information content (AvgIpc) is 2.97. The molecule has 21 heavy (non-hydrogen) atoms. The number of hydrogen-bond donors (Lipinski definition) is 1. The van der Waals surface area contributed by atoms with E-state index in [0.29, 0.717) is 24.6 Å². The van der Waals surface area contributed by atoms with Crippen LogP contribution in [0.3, 0.4) is 0 Å². The number of halogens is 1. The number of ether oxygens (including phenoxy) is 1. The van der Waals surface area contributed by atoms with Gasteiger partial charge in [-0.1, -0.05) is 18.5 Å². The Morgan fingerprint density at radius 1 is 1.62 bits per heavy atom. The Morgan fingerprint density at radius 2 is 2.38 bits per heavy atom. The highest BCUT2D eigenvalue weighted by Gasteiger charge is 2.36. The lowest BCUT2D eigenvalue weighted by molar-refractivity contribution is 0.180. The van der Waals surface area contributed by atoms with Crippen molar-refractivity contribution < 1.29 is 13.2 Å². The molecule has 0 aromatic carbocycles. The van der Waals surface area contributed by atoms with Gasteiger partial charge in [0.05, 0.1) is 47.6 Å². The van der Waals surface area contributed by atoms with E-state index in [2.05, 4.69) is 10.4 Å². The van der Waals surface area contributed by atoms with Gasteiger partial charge in [-0.15, -0.1) is 0 Å². The lowest BCUT2D eigenvalue weighted by Gasteiger charge is -2.25. The fourth-order valence-corrected chi connectivity index (χ4v) is 4.93. The van der Waals surface area contributed by atoms with Crippen LogP contribution in [0, 0.1) is 5.92 Å². The molecule has 0 amide bonds. The van der Waals surface area contributed by atoms with Crippen LogP contribution in [-0.2, 0) is 21.1 Å². The summed E-state index contributed by atoms with van der Waals surface area (Å²) in [6.07, 6.45) is 2.27. The monoisotopic (exact) mass is 335 g/mol. The molecule has 0 aliphatic carbocycles. The van der Waals surface area contributed by atoms with Crippen molar-refractivity contribution in [1.29, 1.82) is 0 Å². The van der Waals surface area contributed by atoms with Gasteiger partial charge in [0.15, 0.2) is 9.84 Å². The fourth-order valence-electron chi connectivity index (χ4n) is 2.83. The molecular formula is C13H22ClN3O3S. The molecule has 0 saturated carbocycles.